The maximum absolute atomic E-state index is 6.07. The van der Waals surface area contributed by atoms with Gasteiger partial charge >= 0.3 is 0 Å². The molecule has 3 nitrogen and oxygen atoms in total. The van der Waals surface area contributed by atoms with Gasteiger partial charge < -0.3 is 5.73 Å². The van der Waals surface area contributed by atoms with Crippen molar-refractivity contribution in [3.05, 3.63) is 29.0 Å². The van der Waals surface area contributed by atoms with E-state index in [0.29, 0.717) is 23.3 Å². The highest BCUT2D eigenvalue weighted by Crippen LogP contribution is 2.35. The molecule has 0 saturated carbocycles. The number of rotatable bonds is 2. The van der Waals surface area contributed by atoms with Gasteiger partial charge in [0.2, 0.25) is 0 Å². The molecule has 0 amide bonds. The maximum Gasteiger partial charge on any atom is 0.129 e. The smallest absolute Gasteiger partial charge is 0.129 e. The lowest BCUT2D eigenvalue weighted by atomic mass is 9.98. The fraction of sp³-hybridized carbons (Fsp3) is 0.615. The van der Waals surface area contributed by atoms with Gasteiger partial charge in [0, 0.05) is 24.7 Å². The van der Waals surface area contributed by atoms with Crippen LogP contribution in [0.2, 0.25) is 5.15 Å². The molecule has 2 bridgehead atoms. The van der Waals surface area contributed by atoms with E-state index >= 15 is 0 Å². The summed E-state index contributed by atoms with van der Waals surface area (Å²) in [7, 11) is 0. The van der Waals surface area contributed by atoms with E-state index < -0.39 is 0 Å². The van der Waals surface area contributed by atoms with Crippen molar-refractivity contribution in [1.29, 1.82) is 0 Å². The third-order valence-corrected chi connectivity index (χ3v) is 4.25. The molecule has 1 aromatic heterocycles. The lowest BCUT2D eigenvalue weighted by Gasteiger charge is -2.37. The quantitative estimate of drug-likeness (QED) is 0.820. The topological polar surface area (TPSA) is 42.1 Å². The molecule has 3 heterocycles. The molecule has 17 heavy (non-hydrogen) atoms. The number of pyridine rings is 1. The molecular formula is C13H18ClN3. The van der Waals surface area contributed by atoms with Gasteiger partial charge in [-0.3, -0.25) is 4.90 Å². The van der Waals surface area contributed by atoms with E-state index in [-0.39, 0.29) is 0 Å². The molecule has 2 atom stereocenters. The molecule has 2 aliphatic heterocycles. The first-order valence-electron chi connectivity index (χ1n) is 6.35. The average molecular weight is 252 g/mol. The summed E-state index contributed by atoms with van der Waals surface area (Å²) in [5, 5.41) is 0.587. The third kappa shape index (κ3) is 2.32. The molecule has 2 N–H and O–H groups in total. The van der Waals surface area contributed by atoms with E-state index in [4.69, 9.17) is 17.3 Å². The molecule has 2 saturated heterocycles. The van der Waals surface area contributed by atoms with Crippen molar-refractivity contribution >= 4 is 11.6 Å². The Morgan fingerprint density at radius 3 is 2.65 bits per heavy atom. The zero-order chi connectivity index (χ0) is 11.8. The maximum atomic E-state index is 6.07. The first-order valence-corrected chi connectivity index (χ1v) is 6.73. The lowest BCUT2D eigenvalue weighted by molar-refractivity contribution is 0.118. The van der Waals surface area contributed by atoms with E-state index in [2.05, 4.69) is 16.0 Å². The predicted octanol–water partition coefficient (Wildman–Crippen LogP) is 2.19. The van der Waals surface area contributed by atoms with E-state index in [9.17, 15) is 0 Å². The lowest BCUT2D eigenvalue weighted by Crippen LogP contribution is -2.46. The molecule has 2 fully saturated rings. The van der Waals surface area contributed by atoms with Crippen LogP contribution < -0.4 is 5.73 Å². The summed E-state index contributed by atoms with van der Waals surface area (Å²) in [4.78, 5) is 6.95. The average Bonchev–Trinajstić information content (AvgIpc) is 2.54. The summed E-state index contributed by atoms with van der Waals surface area (Å²) < 4.78 is 0. The van der Waals surface area contributed by atoms with Crippen molar-refractivity contribution in [3.8, 4) is 0 Å². The van der Waals surface area contributed by atoms with Crippen molar-refractivity contribution in [3.63, 3.8) is 0 Å². The van der Waals surface area contributed by atoms with Gasteiger partial charge in [0.05, 0.1) is 5.69 Å². The second kappa shape index (κ2) is 4.56. The number of hydrogen-bond donors (Lipinski definition) is 1. The van der Waals surface area contributed by atoms with Gasteiger partial charge in [-0.05, 0) is 37.8 Å². The number of piperidine rings is 1. The van der Waals surface area contributed by atoms with Gasteiger partial charge in [-0.2, -0.15) is 0 Å². The molecule has 1 aromatic rings. The van der Waals surface area contributed by atoms with E-state index in [1.807, 2.05) is 12.1 Å². The second-order valence-electron chi connectivity index (χ2n) is 5.24. The Morgan fingerprint density at radius 2 is 2.00 bits per heavy atom. The Bertz CT molecular complexity index is 395. The van der Waals surface area contributed by atoms with Crippen molar-refractivity contribution in [1.82, 2.24) is 9.88 Å². The molecule has 2 aliphatic rings. The predicted molar refractivity (Wildman–Crippen MR) is 68.8 cm³/mol. The van der Waals surface area contributed by atoms with E-state index in [0.717, 1.165) is 25.1 Å². The fourth-order valence-electron chi connectivity index (χ4n) is 3.30. The van der Waals surface area contributed by atoms with Gasteiger partial charge in [0.1, 0.15) is 5.15 Å². The largest absolute Gasteiger partial charge is 0.328 e. The van der Waals surface area contributed by atoms with E-state index in [1.54, 1.807) is 0 Å². The second-order valence-corrected chi connectivity index (χ2v) is 5.63. The molecule has 92 valence electrons. The molecule has 0 aliphatic carbocycles. The highest BCUT2D eigenvalue weighted by Gasteiger charge is 2.39. The number of hydrogen-bond acceptors (Lipinski definition) is 3. The Morgan fingerprint density at radius 1 is 1.29 bits per heavy atom. The minimum atomic E-state index is 0.399. The fourth-order valence-corrected chi connectivity index (χ4v) is 3.48. The van der Waals surface area contributed by atoms with Crippen LogP contribution in [0.25, 0.3) is 0 Å². The van der Waals surface area contributed by atoms with Crippen LogP contribution in [0, 0.1) is 0 Å². The summed E-state index contributed by atoms with van der Waals surface area (Å²) in [6, 6.07) is 7.57. The third-order valence-electron chi connectivity index (χ3n) is 4.04. The van der Waals surface area contributed by atoms with Crippen LogP contribution >= 0.6 is 11.6 Å². The van der Waals surface area contributed by atoms with Crippen LogP contribution in [0.4, 0.5) is 0 Å². The number of nitrogens with two attached hydrogens (primary N) is 1. The number of halogens is 1. The summed E-state index contributed by atoms with van der Waals surface area (Å²) >= 11 is 5.92. The summed E-state index contributed by atoms with van der Waals surface area (Å²) in [5.74, 6) is 0. The Labute approximate surface area is 107 Å². The molecule has 4 heteroatoms. The van der Waals surface area contributed by atoms with Crippen LogP contribution in [-0.2, 0) is 6.54 Å². The molecule has 0 spiro atoms. The van der Waals surface area contributed by atoms with Crippen molar-refractivity contribution < 1.29 is 0 Å². The number of aromatic nitrogens is 1. The van der Waals surface area contributed by atoms with Crippen LogP contribution in [0.1, 0.15) is 31.4 Å². The number of nitrogens with zero attached hydrogens (tertiary/aromatic N) is 2. The van der Waals surface area contributed by atoms with E-state index in [1.165, 1.54) is 12.8 Å². The van der Waals surface area contributed by atoms with Crippen LogP contribution in [-0.4, -0.2) is 28.0 Å². The zero-order valence-corrected chi connectivity index (χ0v) is 10.6. The minimum Gasteiger partial charge on any atom is -0.328 e. The Balaban J connectivity index is 1.74. The highest BCUT2D eigenvalue weighted by molar-refractivity contribution is 6.29. The standard InChI is InChI=1S/C13H18ClN3/c14-13-3-1-2-10(16-13)8-17-11-4-5-12(17)7-9(15)6-11/h1-3,9,11-12H,4-8,15H2. The van der Waals surface area contributed by atoms with Gasteiger partial charge in [-0.1, -0.05) is 17.7 Å². The molecule has 0 radical (unpaired) electrons. The van der Waals surface area contributed by atoms with Gasteiger partial charge in [-0.15, -0.1) is 0 Å². The zero-order valence-electron chi connectivity index (χ0n) is 9.85. The first-order chi connectivity index (χ1) is 8.22. The van der Waals surface area contributed by atoms with Gasteiger partial charge in [-0.25, -0.2) is 4.98 Å². The van der Waals surface area contributed by atoms with Gasteiger partial charge in [0.25, 0.3) is 0 Å². The Kier molecular flexibility index (Phi) is 3.07. The molecule has 3 rings (SSSR count). The normalized spacial score (nSPS) is 32.9. The van der Waals surface area contributed by atoms with Crippen molar-refractivity contribution in [2.75, 3.05) is 0 Å². The summed E-state index contributed by atoms with van der Waals surface area (Å²) in [5.41, 5.74) is 7.15. The Hall–Kier alpha value is -0.640. The minimum absolute atomic E-state index is 0.399. The van der Waals surface area contributed by atoms with Crippen LogP contribution in [0.3, 0.4) is 0 Å². The summed E-state index contributed by atoms with van der Waals surface area (Å²) in [6.45, 7) is 0.919. The van der Waals surface area contributed by atoms with Crippen LogP contribution in [0.15, 0.2) is 18.2 Å². The SMILES string of the molecule is NC1CC2CCC(C1)N2Cc1cccc(Cl)n1. The molecule has 2 unspecified atom stereocenters. The van der Waals surface area contributed by atoms with Crippen LogP contribution in [0.5, 0.6) is 0 Å². The first kappa shape index (κ1) is 11.5. The summed E-state index contributed by atoms with van der Waals surface area (Å²) in [6.07, 6.45) is 4.85. The van der Waals surface area contributed by atoms with Crippen molar-refractivity contribution in [2.24, 2.45) is 5.73 Å². The highest BCUT2D eigenvalue weighted by atomic mass is 35.5. The monoisotopic (exact) mass is 251 g/mol. The van der Waals surface area contributed by atoms with Crippen molar-refractivity contribution in [2.45, 2.75) is 50.4 Å². The molecular weight excluding hydrogens is 234 g/mol. The molecule has 0 aromatic carbocycles. The number of fused-ring (bicyclic) bond motifs is 2. The van der Waals surface area contributed by atoms with Gasteiger partial charge in [0.15, 0.2) is 0 Å².